The summed E-state index contributed by atoms with van der Waals surface area (Å²) in [5.74, 6) is 1.34. The Morgan fingerprint density at radius 3 is 1.54 bits per heavy atom. The van der Waals surface area contributed by atoms with Crippen LogP contribution >= 0.6 is 0 Å². The molecule has 1 aliphatic heterocycles. The zero-order valence-electron chi connectivity index (χ0n) is 37.5. The van der Waals surface area contributed by atoms with Crippen LogP contribution < -0.4 is 14.8 Å². The molecule has 0 bridgehead atoms. The van der Waals surface area contributed by atoms with Crippen LogP contribution in [0.25, 0.3) is 5.57 Å². The topological polar surface area (TPSA) is 144 Å². The predicted molar refractivity (Wildman–Crippen MR) is 234 cm³/mol. The number of amides is 1. The van der Waals surface area contributed by atoms with Crippen molar-refractivity contribution < 1.29 is 41.8 Å². The molecule has 11 nitrogen and oxygen atoms in total. The van der Waals surface area contributed by atoms with E-state index in [1.807, 2.05) is 76.2 Å². The molecular formula is C45H76N2O9S. The molecule has 326 valence electrons. The lowest BCUT2D eigenvalue weighted by atomic mass is 9.94. The maximum Gasteiger partial charge on any atom is 0.264 e. The van der Waals surface area contributed by atoms with E-state index in [9.17, 15) is 23.4 Å². The van der Waals surface area contributed by atoms with Crippen LogP contribution in [0.15, 0.2) is 66.8 Å². The summed E-state index contributed by atoms with van der Waals surface area (Å²) in [5, 5.41) is 22.4. The maximum atomic E-state index is 10.6. The second kappa shape index (κ2) is 26.0. The van der Waals surface area contributed by atoms with E-state index in [1.54, 1.807) is 20.8 Å². The summed E-state index contributed by atoms with van der Waals surface area (Å²) in [6, 6.07) is 15.8. The third-order valence-corrected chi connectivity index (χ3v) is 8.38. The molecular weight excluding hydrogens is 745 g/mol. The number of carbonyl (C=O) groups excluding carboxylic acids is 1. The van der Waals surface area contributed by atoms with Crippen molar-refractivity contribution in [2.24, 2.45) is 0 Å². The number of aliphatic hydroxyl groups is 2. The first-order chi connectivity index (χ1) is 26.2. The second-order valence-corrected chi connectivity index (χ2v) is 18.8. The van der Waals surface area contributed by atoms with Gasteiger partial charge in [0, 0.05) is 30.8 Å². The number of ether oxygens (including phenoxy) is 3. The van der Waals surface area contributed by atoms with E-state index in [1.165, 1.54) is 24.7 Å². The van der Waals surface area contributed by atoms with E-state index >= 15 is 0 Å². The largest absolute Gasteiger partial charge is 0.491 e. The Labute approximate surface area is 346 Å². The molecule has 2 aromatic rings. The fraction of sp³-hybridized carbons (Fsp3) is 0.622. The van der Waals surface area contributed by atoms with Gasteiger partial charge in [-0.2, -0.15) is 8.42 Å². The molecule has 3 rings (SSSR count). The lowest BCUT2D eigenvalue weighted by Gasteiger charge is -2.18. The zero-order chi connectivity index (χ0) is 44.0. The van der Waals surface area contributed by atoms with Crippen LogP contribution in [0.2, 0.25) is 0 Å². The first kappa shape index (κ1) is 53.7. The highest BCUT2D eigenvalue weighted by Crippen LogP contribution is 2.30. The Balaban J connectivity index is 0.00000100. The molecule has 0 aromatic heterocycles. The number of hydrogen-bond donors (Lipinski definition) is 3. The Hall–Kier alpha value is -3.26. The third-order valence-electron chi connectivity index (χ3n) is 7.58. The molecule has 0 spiro atoms. The van der Waals surface area contributed by atoms with Gasteiger partial charge >= 0.3 is 0 Å². The smallest absolute Gasteiger partial charge is 0.264 e. The second-order valence-electron chi connectivity index (χ2n) is 17.2. The van der Waals surface area contributed by atoms with Crippen molar-refractivity contribution in [3.8, 4) is 11.5 Å². The normalized spacial score (nSPS) is 13.8. The van der Waals surface area contributed by atoms with E-state index in [-0.39, 0.29) is 24.7 Å². The number of benzene rings is 2. The number of hydrogen-bond acceptors (Lipinski definition) is 10. The Morgan fingerprint density at radius 2 is 1.28 bits per heavy atom. The Kier molecular flexibility index (Phi) is 24.5. The Morgan fingerprint density at radius 1 is 0.825 bits per heavy atom. The van der Waals surface area contributed by atoms with Gasteiger partial charge in [0.25, 0.3) is 10.1 Å². The number of unbranched alkanes of at least 4 members (excludes halogenated alkanes) is 1. The van der Waals surface area contributed by atoms with Crippen LogP contribution in [0, 0.1) is 0 Å². The minimum Gasteiger partial charge on any atom is -0.491 e. The molecule has 2 atom stereocenters. The number of nitrogens with zero attached hydrogens (tertiary/aromatic N) is 1. The van der Waals surface area contributed by atoms with Gasteiger partial charge in [0.1, 0.15) is 30.8 Å². The molecule has 1 fully saturated rings. The van der Waals surface area contributed by atoms with Crippen LogP contribution in [-0.4, -0.2) is 104 Å². The van der Waals surface area contributed by atoms with E-state index in [2.05, 4.69) is 62.5 Å². The summed E-state index contributed by atoms with van der Waals surface area (Å²) in [6.45, 7) is 33.2. The average molecular weight is 821 g/mol. The first-order valence-electron chi connectivity index (χ1n) is 19.9. The first-order valence-corrected chi connectivity index (χ1v) is 21.7. The van der Waals surface area contributed by atoms with Crippen molar-refractivity contribution in [2.75, 3.05) is 45.8 Å². The zero-order valence-corrected chi connectivity index (χ0v) is 38.3. The van der Waals surface area contributed by atoms with Crippen LogP contribution in [0.1, 0.15) is 120 Å². The molecule has 2 unspecified atom stereocenters. The van der Waals surface area contributed by atoms with Gasteiger partial charge in [-0.15, -0.1) is 0 Å². The molecule has 0 radical (unpaired) electrons. The van der Waals surface area contributed by atoms with Crippen LogP contribution in [0.3, 0.4) is 0 Å². The highest BCUT2D eigenvalue weighted by atomic mass is 32.2. The summed E-state index contributed by atoms with van der Waals surface area (Å²) in [6.07, 6.45) is 3.97. The van der Waals surface area contributed by atoms with Crippen molar-refractivity contribution >= 4 is 21.6 Å². The van der Waals surface area contributed by atoms with Crippen molar-refractivity contribution in [1.82, 2.24) is 10.2 Å². The van der Waals surface area contributed by atoms with Gasteiger partial charge < -0.3 is 29.7 Å². The van der Waals surface area contributed by atoms with Gasteiger partial charge in [-0.25, -0.2) is 0 Å². The molecule has 2 aromatic carbocycles. The molecule has 3 N–H and O–H groups in total. The molecule has 12 heteroatoms. The average Bonchev–Trinajstić information content (AvgIpc) is 3.95. The molecule has 1 saturated heterocycles. The summed E-state index contributed by atoms with van der Waals surface area (Å²) in [7, 11) is -3.28. The van der Waals surface area contributed by atoms with E-state index in [0.29, 0.717) is 30.9 Å². The van der Waals surface area contributed by atoms with Crippen molar-refractivity contribution in [3.05, 3.63) is 77.9 Å². The van der Waals surface area contributed by atoms with Crippen molar-refractivity contribution in [3.63, 3.8) is 0 Å². The van der Waals surface area contributed by atoms with E-state index in [4.69, 9.17) is 14.2 Å². The number of allylic oxidation sites excluding steroid dienone is 1. The van der Waals surface area contributed by atoms with Crippen LogP contribution in [-0.2, 0) is 23.8 Å². The molecule has 1 heterocycles. The maximum absolute atomic E-state index is 10.6. The number of aliphatic hydroxyl groups excluding tert-OH is 2. The van der Waals surface area contributed by atoms with Gasteiger partial charge in [0.05, 0.1) is 24.6 Å². The molecule has 0 saturated carbocycles. The van der Waals surface area contributed by atoms with Crippen LogP contribution in [0.4, 0.5) is 0 Å². The van der Waals surface area contributed by atoms with E-state index < -0.39 is 27.9 Å². The Bertz CT molecular complexity index is 1560. The SMILES string of the molecule is C=CC(=O)NC(C)(C)C.CC(C)(C)N1CC1.CC(C)(C)OS(C)(=O)=O.CCCCOCC(O)COc1ccc(C(=C(C)C)c2ccc(OCC(O)CC)cc2)cc1. The quantitative estimate of drug-likeness (QED) is 0.0657. The number of rotatable bonds is 16. The standard InChI is InChI=1S/C27H38O5.C7H13NO.C6H13N.C5H12O3S/c1-5-7-16-30-17-24(29)19-32-26-14-10-22(11-15-26)27(20(3)4)21-8-12-25(13-9-21)31-18-23(28)6-2;1-5-6(9)8-7(2,3)4;1-6(2,3)7-4-5-7;1-5(2,3)8-9(4,6)7/h8-15,23-24,28-29H,5-7,16-19H2,1-4H3;5H,1H2,2-4H3,(H,8,9);4-5H2,1-3H3;1-4H3. The summed E-state index contributed by atoms with van der Waals surface area (Å²) < 4.78 is 42.2. The fourth-order valence-corrected chi connectivity index (χ4v) is 5.70. The van der Waals surface area contributed by atoms with Crippen molar-refractivity contribution in [1.29, 1.82) is 0 Å². The molecule has 0 aliphatic carbocycles. The summed E-state index contributed by atoms with van der Waals surface area (Å²) >= 11 is 0. The molecule has 57 heavy (non-hydrogen) atoms. The van der Waals surface area contributed by atoms with Gasteiger partial charge in [-0.1, -0.05) is 56.7 Å². The number of nitrogens with one attached hydrogen (secondary N) is 1. The van der Waals surface area contributed by atoms with Gasteiger partial charge in [-0.3, -0.25) is 13.9 Å². The summed E-state index contributed by atoms with van der Waals surface area (Å²) in [4.78, 5) is 13.0. The minimum absolute atomic E-state index is 0.123. The predicted octanol–water partition coefficient (Wildman–Crippen LogP) is 8.18. The van der Waals surface area contributed by atoms with Gasteiger partial charge in [0.2, 0.25) is 5.91 Å². The van der Waals surface area contributed by atoms with Crippen LogP contribution in [0.5, 0.6) is 11.5 Å². The number of carbonyl (C=O) groups is 1. The van der Waals surface area contributed by atoms with Gasteiger partial charge in [-0.05, 0) is 136 Å². The third kappa shape index (κ3) is 28.7. The molecule has 1 amide bonds. The van der Waals surface area contributed by atoms with Crippen molar-refractivity contribution in [2.45, 2.75) is 138 Å². The highest BCUT2D eigenvalue weighted by molar-refractivity contribution is 7.86. The van der Waals surface area contributed by atoms with E-state index in [0.717, 1.165) is 41.5 Å². The monoisotopic (exact) mass is 821 g/mol. The highest BCUT2D eigenvalue weighted by Gasteiger charge is 2.29. The van der Waals surface area contributed by atoms with Gasteiger partial charge in [0.15, 0.2) is 0 Å². The molecule has 1 aliphatic rings. The lowest BCUT2D eigenvalue weighted by molar-refractivity contribution is -0.117. The summed E-state index contributed by atoms with van der Waals surface area (Å²) in [5.41, 5.74) is 4.24. The lowest BCUT2D eigenvalue weighted by Crippen LogP contribution is -2.39. The fourth-order valence-electron chi connectivity index (χ4n) is 4.79. The minimum atomic E-state index is -3.28.